The highest BCUT2D eigenvalue weighted by molar-refractivity contribution is 7.15. The predicted molar refractivity (Wildman–Crippen MR) is 82.7 cm³/mol. The van der Waals surface area contributed by atoms with Crippen molar-refractivity contribution >= 4 is 45.8 Å². The van der Waals surface area contributed by atoms with Gasteiger partial charge in [-0.25, -0.2) is 9.78 Å². The minimum Gasteiger partial charge on any atom is -0.478 e. The van der Waals surface area contributed by atoms with E-state index in [0.29, 0.717) is 16.5 Å². The zero-order chi connectivity index (χ0) is 14.8. The van der Waals surface area contributed by atoms with E-state index in [0.717, 1.165) is 4.96 Å². The van der Waals surface area contributed by atoms with E-state index < -0.39 is 5.97 Å². The molecule has 3 aromatic rings. The number of nitrogens with zero attached hydrogens (tertiary/aromatic N) is 3. The van der Waals surface area contributed by atoms with E-state index in [9.17, 15) is 4.79 Å². The maximum atomic E-state index is 11.1. The van der Waals surface area contributed by atoms with Crippen molar-refractivity contribution < 1.29 is 9.90 Å². The lowest BCUT2D eigenvalue weighted by Gasteiger charge is -2.03. The molecule has 3 rings (SSSR count). The van der Waals surface area contributed by atoms with Gasteiger partial charge < -0.3 is 5.11 Å². The molecule has 0 spiro atoms. The Bertz CT molecular complexity index is 840. The number of hydrogen-bond donors (Lipinski definition) is 2. The zero-order valence-corrected chi connectivity index (χ0v) is 12.1. The first-order valence-electron chi connectivity index (χ1n) is 5.89. The number of carbonyl (C=O) groups is 1. The van der Waals surface area contributed by atoms with E-state index in [1.54, 1.807) is 22.6 Å². The van der Waals surface area contributed by atoms with Gasteiger partial charge in [0.2, 0.25) is 0 Å². The molecule has 0 aliphatic heterocycles. The molecule has 0 fully saturated rings. The molecule has 6 nitrogen and oxygen atoms in total. The van der Waals surface area contributed by atoms with Crippen LogP contribution in [0.3, 0.4) is 0 Å². The summed E-state index contributed by atoms with van der Waals surface area (Å²) >= 11 is 7.50. The number of imidazole rings is 1. The summed E-state index contributed by atoms with van der Waals surface area (Å²) in [6, 6.07) is 6.52. The number of hydrogen-bond acceptors (Lipinski definition) is 5. The van der Waals surface area contributed by atoms with E-state index in [1.165, 1.54) is 23.6 Å². The van der Waals surface area contributed by atoms with Gasteiger partial charge in [0.05, 0.1) is 17.5 Å². The van der Waals surface area contributed by atoms with Gasteiger partial charge >= 0.3 is 5.97 Å². The third-order valence-corrected chi connectivity index (χ3v) is 3.82. The lowest BCUT2D eigenvalue weighted by molar-refractivity contribution is 0.0698. The molecule has 21 heavy (non-hydrogen) atoms. The number of carboxylic acids is 1. The molecule has 0 bridgehead atoms. The van der Waals surface area contributed by atoms with Crippen LogP contribution in [0.25, 0.3) is 4.96 Å². The Balaban J connectivity index is 1.86. The van der Waals surface area contributed by atoms with Gasteiger partial charge in [0.1, 0.15) is 5.69 Å². The first kappa shape index (κ1) is 13.6. The quantitative estimate of drug-likeness (QED) is 0.571. The molecule has 0 radical (unpaired) electrons. The number of benzene rings is 1. The molecule has 8 heteroatoms. The molecule has 2 N–H and O–H groups in total. The monoisotopic (exact) mass is 320 g/mol. The van der Waals surface area contributed by atoms with Crippen LogP contribution in [-0.4, -0.2) is 26.7 Å². The summed E-state index contributed by atoms with van der Waals surface area (Å²) in [6.45, 7) is 0. The van der Waals surface area contributed by atoms with E-state index in [1.807, 2.05) is 11.6 Å². The van der Waals surface area contributed by atoms with Gasteiger partial charge in [-0.1, -0.05) is 23.7 Å². The standard InChI is InChI=1S/C13H9ClN4O2S/c14-11-10(18-5-6-21-13(18)16-11)7-15-17-9-4-2-1-3-8(9)12(19)20/h1-7,17H,(H,19,20). The first-order valence-corrected chi connectivity index (χ1v) is 7.15. The van der Waals surface area contributed by atoms with E-state index >= 15 is 0 Å². The number of fused-ring (bicyclic) bond motifs is 1. The lowest BCUT2D eigenvalue weighted by Crippen LogP contribution is -2.02. The summed E-state index contributed by atoms with van der Waals surface area (Å²) in [7, 11) is 0. The molecule has 0 aliphatic rings. The third kappa shape index (κ3) is 2.61. The normalized spacial score (nSPS) is 11.3. The maximum absolute atomic E-state index is 11.1. The average molecular weight is 321 g/mol. The molecular weight excluding hydrogens is 312 g/mol. The van der Waals surface area contributed by atoms with E-state index in [2.05, 4.69) is 15.5 Å². The summed E-state index contributed by atoms with van der Waals surface area (Å²) < 4.78 is 1.81. The fourth-order valence-electron chi connectivity index (χ4n) is 1.82. The second kappa shape index (κ2) is 5.55. The molecule has 2 heterocycles. The molecule has 0 unspecified atom stereocenters. The van der Waals surface area contributed by atoms with Gasteiger partial charge in [0.15, 0.2) is 10.1 Å². The Morgan fingerprint density at radius 3 is 3.10 bits per heavy atom. The number of halogens is 1. The highest BCUT2D eigenvalue weighted by atomic mass is 35.5. The van der Waals surface area contributed by atoms with Crippen LogP contribution in [0.2, 0.25) is 5.15 Å². The van der Waals surface area contributed by atoms with Gasteiger partial charge in [-0.2, -0.15) is 5.10 Å². The minimum absolute atomic E-state index is 0.148. The topological polar surface area (TPSA) is 79.0 Å². The number of para-hydroxylation sites is 1. The first-order chi connectivity index (χ1) is 10.2. The highest BCUT2D eigenvalue weighted by Gasteiger charge is 2.10. The Morgan fingerprint density at radius 2 is 2.29 bits per heavy atom. The van der Waals surface area contributed by atoms with Crippen LogP contribution < -0.4 is 5.43 Å². The average Bonchev–Trinajstić information content (AvgIpc) is 3.01. The Kier molecular flexibility index (Phi) is 3.59. The van der Waals surface area contributed by atoms with Crippen LogP contribution in [0.15, 0.2) is 40.9 Å². The van der Waals surface area contributed by atoms with E-state index in [-0.39, 0.29) is 5.56 Å². The van der Waals surface area contributed by atoms with Gasteiger partial charge in [0, 0.05) is 11.6 Å². The summed E-state index contributed by atoms with van der Waals surface area (Å²) in [4.78, 5) is 16.0. The smallest absolute Gasteiger partial charge is 0.337 e. The number of hydrazone groups is 1. The van der Waals surface area contributed by atoms with Gasteiger partial charge in [-0.15, -0.1) is 11.3 Å². The molecule has 2 aromatic heterocycles. The number of aromatic carboxylic acids is 1. The molecule has 0 saturated heterocycles. The number of thiazole rings is 1. The Labute approximate surface area is 128 Å². The maximum Gasteiger partial charge on any atom is 0.337 e. The van der Waals surface area contributed by atoms with E-state index in [4.69, 9.17) is 16.7 Å². The molecule has 0 saturated carbocycles. The molecule has 0 amide bonds. The van der Waals surface area contributed by atoms with Crippen molar-refractivity contribution in [3.8, 4) is 0 Å². The number of rotatable bonds is 4. The molecule has 0 aliphatic carbocycles. The van der Waals surface area contributed by atoms with Crippen molar-refractivity contribution in [3.63, 3.8) is 0 Å². The second-order valence-electron chi connectivity index (χ2n) is 4.06. The largest absolute Gasteiger partial charge is 0.478 e. The summed E-state index contributed by atoms with van der Waals surface area (Å²) in [5.41, 5.74) is 3.90. The van der Waals surface area contributed by atoms with Crippen LogP contribution in [0.4, 0.5) is 5.69 Å². The summed E-state index contributed by atoms with van der Waals surface area (Å²) in [5, 5.41) is 15.4. The van der Waals surface area contributed by atoms with Crippen molar-refractivity contribution in [2.75, 3.05) is 5.43 Å². The number of nitrogens with one attached hydrogen (secondary N) is 1. The molecular formula is C13H9ClN4O2S. The molecule has 0 atom stereocenters. The number of aromatic nitrogens is 2. The van der Waals surface area contributed by atoms with Gasteiger partial charge in [0.25, 0.3) is 0 Å². The predicted octanol–water partition coefficient (Wildman–Crippen LogP) is 3.19. The zero-order valence-electron chi connectivity index (χ0n) is 10.5. The fraction of sp³-hybridized carbons (Fsp3) is 0. The van der Waals surface area contributed by atoms with Crippen molar-refractivity contribution in [1.82, 2.24) is 9.38 Å². The van der Waals surface area contributed by atoms with Crippen LogP contribution in [0.1, 0.15) is 16.1 Å². The Morgan fingerprint density at radius 1 is 1.48 bits per heavy atom. The van der Waals surface area contributed by atoms with Crippen molar-refractivity contribution in [3.05, 3.63) is 52.3 Å². The summed E-state index contributed by atoms with van der Waals surface area (Å²) in [6.07, 6.45) is 3.35. The minimum atomic E-state index is -1.02. The van der Waals surface area contributed by atoms with Gasteiger partial charge in [-0.3, -0.25) is 9.83 Å². The van der Waals surface area contributed by atoms with Crippen LogP contribution in [-0.2, 0) is 0 Å². The van der Waals surface area contributed by atoms with Crippen LogP contribution in [0, 0.1) is 0 Å². The van der Waals surface area contributed by atoms with Crippen LogP contribution in [0.5, 0.6) is 0 Å². The third-order valence-electron chi connectivity index (χ3n) is 2.78. The highest BCUT2D eigenvalue weighted by Crippen LogP contribution is 2.20. The molecule has 106 valence electrons. The lowest BCUT2D eigenvalue weighted by atomic mass is 10.2. The second-order valence-corrected chi connectivity index (χ2v) is 5.30. The van der Waals surface area contributed by atoms with Crippen molar-refractivity contribution in [2.45, 2.75) is 0 Å². The fourth-order valence-corrected chi connectivity index (χ4v) is 2.81. The van der Waals surface area contributed by atoms with Crippen molar-refractivity contribution in [1.29, 1.82) is 0 Å². The SMILES string of the molecule is O=C(O)c1ccccc1NN=Cc1c(Cl)nc2sccn12. The Hall–Kier alpha value is -2.38. The van der Waals surface area contributed by atoms with Crippen LogP contribution >= 0.6 is 22.9 Å². The summed E-state index contributed by atoms with van der Waals surface area (Å²) in [5.74, 6) is -1.02. The molecule has 1 aromatic carbocycles. The van der Waals surface area contributed by atoms with Crippen molar-refractivity contribution in [2.24, 2.45) is 5.10 Å². The van der Waals surface area contributed by atoms with Gasteiger partial charge in [-0.05, 0) is 12.1 Å². The number of carboxylic acid groups (broad SMARTS) is 1. The number of anilines is 1.